The van der Waals surface area contributed by atoms with E-state index in [9.17, 15) is 4.79 Å². The van der Waals surface area contributed by atoms with Gasteiger partial charge in [0.15, 0.2) is 6.29 Å². The van der Waals surface area contributed by atoms with Crippen LogP contribution in [0.5, 0.6) is 11.8 Å². The van der Waals surface area contributed by atoms with Gasteiger partial charge >= 0.3 is 6.01 Å². The summed E-state index contributed by atoms with van der Waals surface area (Å²) in [6.07, 6.45) is 4.03. The van der Waals surface area contributed by atoms with Crippen LogP contribution in [0.15, 0.2) is 60.9 Å². The summed E-state index contributed by atoms with van der Waals surface area (Å²) in [5, 5.41) is 0. The highest BCUT2D eigenvalue weighted by Gasteiger charge is 2.12. The number of aldehydes is 1. The average molecular weight is 320 g/mol. The molecule has 0 amide bonds. The topological polar surface area (TPSA) is 61.3 Å². The van der Waals surface area contributed by atoms with E-state index in [4.69, 9.17) is 9.47 Å². The molecular weight excluding hydrogens is 304 g/mol. The van der Waals surface area contributed by atoms with Crippen molar-refractivity contribution >= 4 is 6.29 Å². The van der Waals surface area contributed by atoms with E-state index in [1.165, 1.54) is 7.11 Å². The van der Waals surface area contributed by atoms with Crippen LogP contribution < -0.4 is 9.47 Å². The van der Waals surface area contributed by atoms with E-state index in [1.807, 2.05) is 42.5 Å². The van der Waals surface area contributed by atoms with Gasteiger partial charge in [0.25, 0.3) is 0 Å². The lowest BCUT2D eigenvalue weighted by atomic mass is 10.0. The second kappa shape index (κ2) is 7.37. The van der Waals surface area contributed by atoms with E-state index in [1.54, 1.807) is 18.5 Å². The second-order valence-corrected chi connectivity index (χ2v) is 5.07. The average Bonchev–Trinajstić information content (AvgIpc) is 2.67. The highest BCUT2D eigenvalue weighted by atomic mass is 16.5. The lowest BCUT2D eigenvalue weighted by Crippen LogP contribution is -2.00. The smallest absolute Gasteiger partial charge is 0.316 e. The van der Waals surface area contributed by atoms with Crippen LogP contribution in [-0.4, -0.2) is 23.4 Å². The maximum Gasteiger partial charge on any atom is 0.316 e. The van der Waals surface area contributed by atoms with Crippen molar-refractivity contribution in [2.24, 2.45) is 0 Å². The van der Waals surface area contributed by atoms with Gasteiger partial charge in [0.2, 0.25) is 0 Å². The van der Waals surface area contributed by atoms with Crippen LogP contribution in [-0.2, 0) is 6.61 Å². The number of carbonyl (C=O) groups is 1. The van der Waals surface area contributed by atoms with Gasteiger partial charge in [-0.3, -0.25) is 4.79 Å². The summed E-state index contributed by atoms with van der Waals surface area (Å²) in [4.78, 5) is 19.8. The van der Waals surface area contributed by atoms with Gasteiger partial charge in [-0.05, 0) is 17.2 Å². The van der Waals surface area contributed by atoms with Gasteiger partial charge in [-0.15, -0.1) is 0 Å². The Hall–Kier alpha value is -3.21. The standard InChI is InChI=1S/C19H16N2O3/c1-23-19-20-10-15(11-21-19)16-8-5-9-18(17(16)12-22)24-13-14-6-3-2-4-7-14/h2-12H,13H2,1H3. The second-order valence-electron chi connectivity index (χ2n) is 5.07. The van der Waals surface area contributed by atoms with E-state index in [-0.39, 0.29) is 6.01 Å². The highest BCUT2D eigenvalue weighted by molar-refractivity contribution is 5.90. The number of hydrogen-bond donors (Lipinski definition) is 0. The third-order valence-corrected chi connectivity index (χ3v) is 3.54. The third kappa shape index (κ3) is 3.41. The number of ether oxygens (including phenoxy) is 2. The number of aromatic nitrogens is 2. The van der Waals surface area contributed by atoms with E-state index in [0.29, 0.717) is 17.9 Å². The van der Waals surface area contributed by atoms with E-state index in [2.05, 4.69) is 9.97 Å². The summed E-state index contributed by atoms with van der Waals surface area (Å²) in [5.41, 5.74) is 2.95. The quantitative estimate of drug-likeness (QED) is 0.650. The van der Waals surface area contributed by atoms with Gasteiger partial charge in [0.05, 0.1) is 12.7 Å². The van der Waals surface area contributed by atoms with Crippen molar-refractivity contribution in [3.05, 3.63) is 72.1 Å². The van der Waals surface area contributed by atoms with Crippen LogP contribution >= 0.6 is 0 Å². The summed E-state index contributed by atoms with van der Waals surface area (Å²) < 4.78 is 10.8. The van der Waals surface area contributed by atoms with Gasteiger partial charge < -0.3 is 9.47 Å². The molecule has 5 heteroatoms. The lowest BCUT2D eigenvalue weighted by molar-refractivity contribution is 0.111. The Morgan fingerprint density at radius 3 is 2.42 bits per heavy atom. The number of rotatable bonds is 6. The van der Waals surface area contributed by atoms with Crippen LogP contribution in [0.1, 0.15) is 15.9 Å². The molecule has 0 N–H and O–H groups in total. The monoisotopic (exact) mass is 320 g/mol. The Labute approximate surface area is 139 Å². The highest BCUT2D eigenvalue weighted by Crippen LogP contribution is 2.29. The summed E-state index contributed by atoms with van der Waals surface area (Å²) in [5.74, 6) is 0.530. The molecule has 0 aliphatic rings. The van der Waals surface area contributed by atoms with Crippen molar-refractivity contribution in [2.75, 3.05) is 7.11 Å². The molecule has 0 radical (unpaired) electrons. The maximum absolute atomic E-state index is 11.6. The van der Waals surface area contributed by atoms with Gasteiger partial charge in [0, 0.05) is 18.0 Å². The fourth-order valence-corrected chi connectivity index (χ4v) is 2.34. The van der Waals surface area contributed by atoms with Gasteiger partial charge in [-0.25, -0.2) is 9.97 Å². The minimum Gasteiger partial charge on any atom is -0.488 e. The largest absolute Gasteiger partial charge is 0.488 e. The molecule has 24 heavy (non-hydrogen) atoms. The van der Waals surface area contributed by atoms with Crippen molar-refractivity contribution in [3.63, 3.8) is 0 Å². The first-order valence-corrected chi connectivity index (χ1v) is 7.43. The molecule has 0 fully saturated rings. The molecule has 5 nitrogen and oxygen atoms in total. The molecule has 3 aromatic rings. The SMILES string of the molecule is COc1ncc(-c2cccc(OCc3ccccc3)c2C=O)cn1. The molecule has 1 aromatic heterocycles. The molecule has 0 unspecified atom stereocenters. The first kappa shape index (κ1) is 15.7. The normalized spacial score (nSPS) is 10.2. The molecule has 0 saturated carbocycles. The summed E-state index contributed by atoms with van der Waals surface area (Å²) in [6.45, 7) is 0.393. The molecule has 0 aliphatic heterocycles. The van der Waals surface area contributed by atoms with E-state index in [0.717, 1.165) is 23.0 Å². The molecule has 120 valence electrons. The van der Waals surface area contributed by atoms with Crippen molar-refractivity contribution < 1.29 is 14.3 Å². The van der Waals surface area contributed by atoms with Crippen LogP contribution in [0.2, 0.25) is 0 Å². The Kier molecular flexibility index (Phi) is 4.81. The zero-order chi connectivity index (χ0) is 16.8. The Balaban J connectivity index is 1.89. The molecule has 0 spiro atoms. The van der Waals surface area contributed by atoms with Crippen LogP contribution in [0.4, 0.5) is 0 Å². The zero-order valence-electron chi connectivity index (χ0n) is 13.2. The lowest BCUT2D eigenvalue weighted by Gasteiger charge is -2.12. The summed E-state index contributed by atoms with van der Waals surface area (Å²) in [7, 11) is 1.50. The number of benzene rings is 2. The third-order valence-electron chi connectivity index (χ3n) is 3.54. The molecule has 2 aromatic carbocycles. The van der Waals surface area contributed by atoms with Gasteiger partial charge in [-0.1, -0.05) is 42.5 Å². The first-order chi connectivity index (χ1) is 11.8. The zero-order valence-corrected chi connectivity index (χ0v) is 13.2. The minimum absolute atomic E-state index is 0.280. The van der Waals surface area contributed by atoms with Gasteiger partial charge in [-0.2, -0.15) is 0 Å². The van der Waals surface area contributed by atoms with E-state index < -0.39 is 0 Å². The van der Waals surface area contributed by atoms with Crippen molar-refractivity contribution in [2.45, 2.75) is 6.61 Å². The molecule has 0 aliphatic carbocycles. The van der Waals surface area contributed by atoms with Crippen molar-refractivity contribution in [1.29, 1.82) is 0 Å². The van der Waals surface area contributed by atoms with Crippen LogP contribution in [0.3, 0.4) is 0 Å². The molecule has 0 bridgehead atoms. The van der Waals surface area contributed by atoms with Crippen LogP contribution in [0.25, 0.3) is 11.1 Å². The number of hydrogen-bond acceptors (Lipinski definition) is 5. The minimum atomic E-state index is 0.280. The number of methoxy groups -OCH3 is 1. The molecule has 1 heterocycles. The Morgan fingerprint density at radius 1 is 1.00 bits per heavy atom. The Morgan fingerprint density at radius 2 is 1.75 bits per heavy atom. The molecular formula is C19H16N2O3. The van der Waals surface area contributed by atoms with Crippen molar-refractivity contribution in [1.82, 2.24) is 9.97 Å². The molecule has 0 saturated heterocycles. The first-order valence-electron chi connectivity index (χ1n) is 7.43. The molecule has 0 atom stereocenters. The van der Waals surface area contributed by atoms with Crippen molar-refractivity contribution in [3.8, 4) is 22.9 Å². The number of carbonyl (C=O) groups excluding carboxylic acids is 1. The summed E-state index contributed by atoms with van der Waals surface area (Å²) >= 11 is 0. The molecule has 3 rings (SSSR count). The fraction of sp³-hybridized carbons (Fsp3) is 0.105. The predicted octanol–water partition coefficient (Wildman–Crippen LogP) is 3.54. The summed E-state index contributed by atoms with van der Waals surface area (Å²) in [6, 6.07) is 15.5. The fourth-order valence-electron chi connectivity index (χ4n) is 2.34. The number of nitrogens with zero attached hydrogens (tertiary/aromatic N) is 2. The van der Waals surface area contributed by atoms with Gasteiger partial charge in [0.1, 0.15) is 12.4 Å². The van der Waals surface area contributed by atoms with E-state index >= 15 is 0 Å². The predicted molar refractivity (Wildman–Crippen MR) is 90.2 cm³/mol. The maximum atomic E-state index is 11.6. The Bertz CT molecular complexity index is 818. The van der Waals surface area contributed by atoms with Crippen LogP contribution in [0, 0.1) is 0 Å².